The van der Waals surface area contributed by atoms with Crippen molar-refractivity contribution in [2.75, 3.05) is 26.7 Å². The Balaban J connectivity index is 0.00000288. The first kappa shape index (κ1) is 20.3. The fourth-order valence-corrected chi connectivity index (χ4v) is 2.09. The number of rotatable bonds is 9. The van der Waals surface area contributed by atoms with Gasteiger partial charge in [-0.2, -0.15) is 5.10 Å². The first-order valence-electron chi connectivity index (χ1n) is 7.98. The van der Waals surface area contributed by atoms with Gasteiger partial charge in [0.05, 0.1) is 6.61 Å². The molecule has 0 bridgehead atoms. The second-order valence-electron chi connectivity index (χ2n) is 5.06. The zero-order valence-corrected chi connectivity index (χ0v) is 16.3. The number of aromatic nitrogens is 2. The fourth-order valence-electron chi connectivity index (χ4n) is 2.09. The highest BCUT2D eigenvalue weighted by Gasteiger charge is 1.98. The van der Waals surface area contributed by atoms with Gasteiger partial charge in [-0.3, -0.25) is 9.67 Å². The van der Waals surface area contributed by atoms with E-state index >= 15 is 0 Å². The van der Waals surface area contributed by atoms with Crippen LogP contribution in [0.15, 0.2) is 53.8 Å². The average Bonchev–Trinajstić information content (AvgIpc) is 3.11. The smallest absolute Gasteiger partial charge is 0.190 e. The number of aryl methyl sites for hydroxylation is 1. The summed E-state index contributed by atoms with van der Waals surface area (Å²) in [6, 6.07) is 11.8. The maximum Gasteiger partial charge on any atom is 0.190 e. The van der Waals surface area contributed by atoms with Gasteiger partial charge in [0.15, 0.2) is 5.96 Å². The van der Waals surface area contributed by atoms with Crippen molar-refractivity contribution in [1.82, 2.24) is 20.4 Å². The standard InChI is InChI=1S/C17H25N5O.HI/c1-18-17(19-10-5-13-22-14-6-12-21-22)20-11-7-15-23-16-8-3-2-4-9-16;/h2-4,6,8-9,12,14H,5,7,10-11,13,15H2,1H3,(H2,18,19,20);1H. The highest BCUT2D eigenvalue weighted by molar-refractivity contribution is 14.0. The van der Waals surface area contributed by atoms with Gasteiger partial charge in [0.2, 0.25) is 0 Å². The molecule has 1 aromatic carbocycles. The minimum absolute atomic E-state index is 0. The van der Waals surface area contributed by atoms with E-state index in [1.54, 1.807) is 13.2 Å². The van der Waals surface area contributed by atoms with Crippen LogP contribution < -0.4 is 15.4 Å². The lowest BCUT2D eigenvalue weighted by Crippen LogP contribution is -2.38. The van der Waals surface area contributed by atoms with Gasteiger partial charge >= 0.3 is 0 Å². The van der Waals surface area contributed by atoms with E-state index in [1.165, 1.54) is 0 Å². The molecule has 0 amide bonds. The fraction of sp³-hybridized carbons (Fsp3) is 0.412. The van der Waals surface area contributed by atoms with Gasteiger partial charge in [0.25, 0.3) is 0 Å². The third kappa shape index (κ3) is 8.19. The summed E-state index contributed by atoms with van der Waals surface area (Å²) >= 11 is 0. The lowest BCUT2D eigenvalue weighted by Gasteiger charge is -2.12. The number of aliphatic imine (C=N–C) groups is 1. The van der Waals surface area contributed by atoms with Crippen LogP contribution in [0.5, 0.6) is 5.75 Å². The molecule has 0 saturated carbocycles. The van der Waals surface area contributed by atoms with Gasteiger partial charge in [0, 0.05) is 39.1 Å². The summed E-state index contributed by atoms with van der Waals surface area (Å²) in [7, 11) is 1.78. The molecule has 0 atom stereocenters. The predicted octanol–water partition coefficient (Wildman–Crippen LogP) is 2.53. The summed E-state index contributed by atoms with van der Waals surface area (Å²) in [6.45, 7) is 3.28. The molecule has 7 heteroatoms. The minimum Gasteiger partial charge on any atom is -0.494 e. The van der Waals surface area contributed by atoms with Crippen molar-refractivity contribution in [1.29, 1.82) is 0 Å². The molecule has 2 aromatic rings. The Morgan fingerprint density at radius 2 is 1.88 bits per heavy atom. The van der Waals surface area contributed by atoms with Crippen LogP contribution in [-0.2, 0) is 6.54 Å². The number of nitrogens with zero attached hydrogens (tertiary/aromatic N) is 3. The molecule has 0 radical (unpaired) electrons. The average molecular weight is 443 g/mol. The predicted molar refractivity (Wildman–Crippen MR) is 108 cm³/mol. The monoisotopic (exact) mass is 443 g/mol. The highest BCUT2D eigenvalue weighted by atomic mass is 127. The molecule has 6 nitrogen and oxygen atoms in total. The third-order valence-corrected chi connectivity index (χ3v) is 3.26. The maximum absolute atomic E-state index is 5.65. The number of para-hydroxylation sites is 1. The van der Waals surface area contributed by atoms with Crippen molar-refractivity contribution in [3.05, 3.63) is 48.8 Å². The summed E-state index contributed by atoms with van der Waals surface area (Å²) in [5, 5.41) is 10.8. The van der Waals surface area contributed by atoms with Crippen molar-refractivity contribution in [3.63, 3.8) is 0 Å². The molecule has 24 heavy (non-hydrogen) atoms. The molecular weight excluding hydrogens is 417 g/mol. The van der Waals surface area contributed by atoms with Crippen LogP contribution in [-0.4, -0.2) is 42.5 Å². The molecule has 0 aliphatic carbocycles. The molecular formula is C17H26IN5O. The largest absolute Gasteiger partial charge is 0.494 e. The molecule has 2 N–H and O–H groups in total. The number of guanidine groups is 1. The summed E-state index contributed by atoms with van der Waals surface area (Å²) in [4.78, 5) is 4.21. The Morgan fingerprint density at radius 1 is 1.12 bits per heavy atom. The van der Waals surface area contributed by atoms with E-state index < -0.39 is 0 Å². The van der Waals surface area contributed by atoms with E-state index in [0.717, 1.165) is 44.2 Å². The van der Waals surface area contributed by atoms with E-state index in [2.05, 4.69) is 20.7 Å². The molecule has 0 aliphatic rings. The number of nitrogens with one attached hydrogen (secondary N) is 2. The molecule has 0 spiro atoms. The van der Waals surface area contributed by atoms with Crippen LogP contribution in [0.4, 0.5) is 0 Å². The Bertz CT molecular complexity index is 560. The van der Waals surface area contributed by atoms with Gasteiger partial charge in [0.1, 0.15) is 5.75 Å². The van der Waals surface area contributed by atoms with Crippen LogP contribution in [0, 0.1) is 0 Å². The summed E-state index contributed by atoms with van der Waals surface area (Å²) in [5.74, 6) is 1.74. The number of ether oxygens (including phenoxy) is 1. The van der Waals surface area contributed by atoms with Gasteiger partial charge in [-0.15, -0.1) is 24.0 Å². The Hall–Kier alpha value is -1.77. The van der Waals surface area contributed by atoms with Crippen molar-refractivity contribution in [3.8, 4) is 5.75 Å². The van der Waals surface area contributed by atoms with E-state index in [1.807, 2.05) is 47.3 Å². The van der Waals surface area contributed by atoms with Crippen LogP contribution in [0.3, 0.4) is 0 Å². The maximum atomic E-state index is 5.65. The molecule has 0 unspecified atom stereocenters. The second kappa shape index (κ2) is 12.6. The third-order valence-electron chi connectivity index (χ3n) is 3.26. The van der Waals surface area contributed by atoms with E-state index in [4.69, 9.17) is 4.74 Å². The Kier molecular flexibility index (Phi) is 10.7. The zero-order valence-electron chi connectivity index (χ0n) is 14.0. The molecule has 0 saturated heterocycles. The Morgan fingerprint density at radius 3 is 2.54 bits per heavy atom. The van der Waals surface area contributed by atoms with E-state index in [9.17, 15) is 0 Å². The molecule has 0 fully saturated rings. The van der Waals surface area contributed by atoms with Crippen molar-refractivity contribution >= 4 is 29.9 Å². The molecule has 132 valence electrons. The van der Waals surface area contributed by atoms with Crippen molar-refractivity contribution in [2.45, 2.75) is 19.4 Å². The quantitative estimate of drug-likeness (QED) is 0.271. The first-order valence-corrected chi connectivity index (χ1v) is 7.98. The van der Waals surface area contributed by atoms with Crippen LogP contribution in [0.1, 0.15) is 12.8 Å². The first-order chi connectivity index (χ1) is 11.4. The lowest BCUT2D eigenvalue weighted by molar-refractivity contribution is 0.311. The SMILES string of the molecule is CN=C(NCCCOc1ccccc1)NCCCn1cccn1.I. The van der Waals surface area contributed by atoms with Crippen LogP contribution >= 0.6 is 24.0 Å². The number of hydrogen-bond donors (Lipinski definition) is 2. The van der Waals surface area contributed by atoms with Gasteiger partial charge in [-0.05, 0) is 31.0 Å². The Labute approximate surface area is 160 Å². The number of hydrogen-bond acceptors (Lipinski definition) is 3. The minimum atomic E-state index is 0. The van der Waals surface area contributed by atoms with Gasteiger partial charge in [-0.1, -0.05) is 18.2 Å². The second-order valence-corrected chi connectivity index (χ2v) is 5.06. The van der Waals surface area contributed by atoms with Crippen LogP contribution in [0.25, 0.3) is 0 Å². The van der Waals surface area contributed by atoms with E-state index in [0.29, 0.717) is 6.61 Å². The number of benzene rings is 1. The van der Waals surface area contributed by atoms with Crippen LogP contribution in [0.2, 0.25) is 0 Å². The topological polar surface area (TPSA) is 63.5 Å². The normalized spacial score (nSPS) is 10.8. The highest BCUT2D eigenvalue weighted by Crippen LogP contribution is 2.07. The van der Waals surface area contributed by atoms with Crippen molar-refractivity contribution < 1.29 is 4.74 Å². The molecule has 1 heterocycles. The summed E-state index contributed by atoms with van der Waals surface area (Å²) < 4.78 is 7.58. The molecule has 2 rings (SSSR count). The van der Waals surface area contributed by atoms with Gasteiger partial charge < -0.3 is 15.4 Å². The van der Waals surface area contributed by atoms with Gasteiger partial charge in [-0.25, -0.2) is 0 Å². The molecule has 1 aromatic heterocycles. The summed E-state index contributed by atoms with van der Waals surface area (Å²) in [5.41, 5.74) is 0. The van der Waals surface area contributed by atoms with Crippen molar-refractivity contribution in [2.24, 2.45) is 4.99 Å². The summed E-state index contributed by atoms with van der Waals surface area (Å²) in [6.07, 6.45) is 5.69. The molecule has 0 aliphatic heterocycles. The lowest BCUT2D eigenvalue weighted by atomic mass is 10.3. The zero-order chi connectivity index (χ0) is 16.2. The number of halogens is 1. The van der Waals surface area contributed by atoms with E-state index in [-0.39, 0.29) is 24.0 Å².